The van der Waals surface area contributed by atoms with Gasteiger partial charge < -0.3 is 15.8 Å². The summed E-state index contributed by atoms with van der Waals surface area (Å²) in [5.74, 6) is -0.425. The number of hydrogen-bond acceptors (Lipinski definition) is 6. The molecule has 1 aliphatic heterocycles. The standard InChI is InChI=1S/C14H18N4O5/c1-8(7-15)17-12(19)14(2,16-13(17)20)9-4-5-11(23-3)10(6-9)18(21)22/h4-6,8H,7,15H2,1-3H3,(H,16,20). The van der Waals surface area contributed by atoms with Crippen LogP contribution in [-0.4, -0.2) is 41.5 Å². The third-order valence-corrected chi connectivity index (χ3v) is 3.96. The van der Waals surface area contributed by atoms with E-state index in [1.165, 1.54) is 32.2 Å². The zero-order valence-electron chi connectivity index (χ0n) is 13.0. The fraction of sp³-hybridized carbons (Fsp3) is 0.429. The molecule has 0 aliphatic carbocycles. The van der Waals surface area contributed by atoms with Gasteiger partial charge in [0.15, 0.2) is 5.75 Å². The van der Waals surface area contributed by atoms with Gasteiger partial charge >= 0.3 is 11.7 Å². The van der Waals surface area contributed by atoms with Gasteiger partial charge in [0.2, 0.25) is 0 Å². The van der Waals surface area contributed by atoms with Gasteiger partial charge in [-0.25, -0.2) is 4.79 Å². The van der Waals surface area contributed by atoms with Crippen LogP contribution in [-0.2, 0) is 10.3 Å². The summed E-state index contributed by atoms with van der Waals surface area (Å²) in [5, 5.41) is 13.7. The highest BCUT2D eigenvalue weighted by molar-refractivity contribution is 6.07. The normalized spacial score (nSPS) is 22.0. The van der Waals surface area contributed by atoms with Crippen LogP contribution in [0.5, 0.6) is 5.75 Å². The summed E-state index contributed by atoms with van der Waals surface area (Å²) in [4.78, 5) is 36.3. The van der Waals surface area contributed by atoms with E-state index in [2.05, 4.69) is 5.32 Å². The molecule has 124 valence electrons. The number of imide groups is 1. The molecule has 0 spiro atoms. The molecule has 1 saturated heterocycles. The number of methoxy groups -OCH3 is 1. The van der Waals surface area contributed by atoms with Crippen molar-refractivity contribution in [1.29, 1.82) is 0 Å². The lowest BCUT2D eigenvalue weighted by Crippen LogP contribution is -2.45. The second kappa shape index (κ2) is 5.84. The van der Waals surface area contributed by atoms with Gasteiger partial charge in [-0.3, -0.25) is 19.8 Å². The number of nitro groups is 1. The topological polar surface area (TPSA) is 128 Å². The number of benzene rings is 1. The molecule has 2 unspecified atom stereocenters. The summed E-state index contributed by atoms with van der Waals surface area (Å²) >= 11 is 0. The number of carbonyl (C=O) groups is 2. The Morgan fingerprint density at radius 3 is 2.65 bits per heavy atom. The van der Waals surface area contributed by atoms with Crippen LogP contribution in [0.15, 0.2) is 18.2 Å². The minimum absolute atomic E-state index is 0.0753. The monoisotopic (exact) mass is 322 g/mol. The van der Waals surface area contributed by atoms with E-state index >= 15 is 0 Å². The number of nitrogens with one attached hydrogen (secondary N) is 1. The highest BCUT2D eigenvalue weighted by Crippen LogP contribution is 2.35. The van der Waals surface area contributed by atoms with Crippen molar-refractivity contribution in [1.82, 2.24) is 10.2 Å². The lowest BCUT2D eigenvalue weighted by Gasteiger charge is -2.24. The summed E-state index contributed by atoms with van der Waals surface area (Å²) in [6.45, 7) is 3.28. The van der Waals surface area contributed by atoms with Crippen LogP contribution in [0, 0.1) is 10.1 Å². The van der Waals surface area contributed by atoms with Gasteiger partial charge in [-0.05, 0) is 25.5 Å². The molecule has 1 aromatic rings. The van der Waals surface area contributed by atoms with Crippen LogP contribution in [0.25, 0.3) is 0 Å². The molecule has 1 fully saturated rings. The van der Waals surface area contributed by atoms with Crippen LogP contribution >= 0.6 is 0 Å². The average Bonchev–Trinajstić information content (AvgIpc) is 2.76. The smallest absolute Gasteiger partial charge is 0.325 e. The van der Waals surface area contributed by atoms with Crippen LogP contribution < -0.4 is 15.8 Å². The fourth-order valence-corrected chi connectivity index (χ4v) is 2.51. The molecule has 23 heavy (non-hydrogen) atoms. The zero-order chi connectivity index (χ0) is 17.4. The Labute approximate surface area is 132 Å². The number of hydrogen-bond donors (Lipinski definition) is 2. The molecule has 0 aromatic heterocycles. The fourth-order valence-electron chi connectivity index (χ4n) is 2.51. The van der Waals surface area contributed by atoms with E-state index in [0.717, 1.165) is 4.90 Å². The maximum atomic E-state index is 12.7. The van der Waals surface area contributed by atoms with Crippen molar-refractivity contribution < 1.29 is 19.2 Å². The Bertz CT molecular complexity index is 677. The molecule has 9 nitrogen and oxygen atoms in total. The van der Waals surface area contributed by atoms with Gasteiger partial charge in [0.25, 0.3) is 5.91 Å². The first kappa shape index (κ1) is 16.7. The second-order valence-corrected chi connectivity index (χ2v) is 5.46. The van der Waals surface area contributed by atoms with Gasteiger partial charge in [0, 0.05) is 12.6 Å². The van der Waals surface area contributed by atoms with Crippen LogP contribution in [0.3, 0.4) is 0 Å². The van der Waals surface area contributed by atoms with E-state index in [0.29, 0.717) is 5.56 Å². The second-order valence-electron chi connectivity index (χ2n) is 5.46. The number of rotatable bonds is 5. The number of nitrogens with two attached hydrogens (primary N) is 1. The van der Waals surface area contributed by atoms with Crippen molar-refractivity contribution in [3.8, 4) is 5.75 Å². The quantitative estimate of drug-likeness (QED) is 0.467. The maximum Gasteiger partial charge on any atom is 0.325 e. The number of ether oxygens (including phenoxy) is 1. The first-order valence-corrected chi connectivity index (χ1v) is 6.95. The first-order chi connectivity index (χ1) is 10.8. The third-order valence-electron chi connectivity index (χ3n) is 3.96. The zero-order valence-corrected chi connectivity index (χ0v) is 13.0. The first-order valence-electron chi connectivity index (χ1n) is 6.95. The van der Waals surface area contributed by atoms with Gasteiger partial charge in [-0.15, -0.1) is 0 Å². The number of carbonyl (C=O) groups excluding carboxylic acids is 2. The van der Waals surface area contributed by atoms with Gasteiger partial charge in [-0.1, -0.05) is 6.07 Å². The lowest BCUT2D eigenvalue weighted by atomic mass is 9.91. The number of urea groups is 1. The van der Waals surface area contributed by atoms with Gasteiger partial charge in [0.05, 0.1) is 18.1 Å². The maximum absolute atomic E-state index is 12.7. The number of nitro benzene ring substituents is 1. The Morgan fingerprint density at radius 2 is 2.13 bits per heavy atom. The summed E-state index contributed by atoms with van der Waals surface area (Å²) in [5.41, 5.74) is 4.16. The SMILES string of the molecule is COc1ccc(C2(C)NC(=O)N(C(C)CN)C2=O)cc1[N+](=O)[O-]. The van der Waals surface area contributed by atoms with Gasteiger partial charge in [-0.2, -0.15) is 0 Å². The molecule has 9 heteroatoms. The van der Waals surface area contributed by atoms with Crippen molar-refractivity contribution in [2.45, 2.75) is 25.4 Å². The molecule has 3 amide bonds. The van der Waals surface area contributed by atoms with Crippen molar-refractivity contribution in [2.24, 2.45) is 5.73 Å². The van der Waals surface area contributed by atoms with Crippen LogP contribution in [0.1, 0.15) is 19.4 Å². The van der Waals surface area contributed by atoms with Crippen molar-refractivity contribution in [3.63, 3.8) is 0 Å². The van der Waals surface area contributed by atoms with E-state index < -0.39 is 28.4 Å². The molecular formula is C14H18N4O5. The molecular weight excluding hydrogens is 304 g/mol. The molecule has 3 N–H and O–H groups in total. The summed E-state index contributed by atoms with van der Waals surface area (Å²) in [6.07, 6.45) is 0. The molecule has 2 rings (SSSR count). The Hall–Kier alpha value is -2.68. The van der Waals surface area contributed by atoms with Crippen molar-refractivity contribution in [3.05, 3.63) is 33.9 Å². The van der Waals surface area contributed by atoms with Crippen molar-refractivity contribution >= 4 is 17.6 Å². The summed E-state index contributed by atoms with van der Waals surface area (Å²) < 4.78 is 4.94. The molecule has 1 aromatic carbocycles. The minimum Gasteiger partial charge on any atom is -0.490 e. The molecule has 1 heterocycles. The highest BCUT2D eigenvalue weighted by Gasteiger charge is 2.50. The van der Waals surface area contributed by atoms with E-state index in [1.807, 2.05) is 0 Å². The molecule has 2 atom stereocenters. The largest absolute Gasteiger partial charge is 0.490 e. The molecule has 0 radical (unpaired) electrons. The summed E-state index contributed by atoms with van der Waals surface area (Å²) in [6, 6.07) is 3.09. The van der Waals surface area contributed by atoms with Crippen molar-refractivity contribution in [2.75, 3.05) is 13.7 Å². The lowest BCUT2D eigenvalue weighted by molar-refractivity contribution is -0.385. The predicted octanol–water partition coefficient (Wildman–Crippen LogP) is 0.718. The summed E-state index contributed by atoms with van der Waals surface area (Å²) in [7, 11) is 1.32. The highest BCUT2D eigenvalue weighted by atomic mass is 16.6. The number of amides is 3. The molecule has 1 aliphatic rings. The van der Waals surface area contributed by atoms with Gasteiger partial charge in [0.1, 0.15) is 5.54 Å². The molecule has 0 saturated carbocycles. The third kappa shape index (κ3) is 2.59. The van der Waals surface area contributed by atoms with E-state index in [9.17, 15) is 19.7 Å². The number of nitrogens with zero attached hydrogens (tertiary/aromatic N) is 2. The Morgan fingerprint density at radius 1 is 1.48 bits per heavy atom. The van der Waals surface area contributed by atoms with E-state index in [4.69, 9.17) is 10.5 Å². The average molecular weight is 322 g/mol. The Kier molecular flexibility index (Phi) is 4.24. The van der Waals surface area contributed by atoms with E-state index in [-0.39, 0.29) is 18.0 Å². The van der Waals surface area contributed by atoms with E-state index in [1.54, 1.807) is 6.92 Å². The van der Waals surface area contributed by atoms with Crippen LogP contribution in [0.4, 0.5) is 10.5 Å². The molecule has 0 bridgehead atoms. The minimum atomic E-state index is -1.39. The Balaban J connectivity index is 2.49. The van der Waals surface area contributed by atoms with Crippen LogP contribution in [0.2, 0.25) is 0 Å². The predicted molar refractivity (Wildman–Crippen MR) is 80.9 cm³/mol.